The van der Waals surface area contributed by atoms with Gasteiger partial charge in [0.15, 0.2) is 11.5 Å². The van der Waals surface area contributed by atoms with Gasteiger partial charge in [0.1, 0.15) is 16.4 Å². The lowest BCUT2D eigenvalue weighted by Crippen LogP contribution is -2.14. The van der Waals surface area contributed by atoms with Crippen molar-refractivity contribution in [1.29, 1.82) is 0 Å². The van der Waals surface area contributed by atoms with Crippen molar-refractivity contribution in [2.75, 3.05) is 20.3 Å². The number of aliphatic hydroxyl groups excluding tert-OH is 1. The van der Waals surface area contributed by atoms with E-state index < -0.39 is 11.9 Å². The zero-order valence-corrected chi connectivity index (χ0v) is 24.7. The van der Waals surface area contributed by atoms with E-state index in [-0.39, 0.29) is 28.4 Å². The number of halogens is 1. The summed E-state index contributed by atoms with van der Waals surface area (Å²) < 4.78 is 17.1. The van der Waals surface area contributed by atoms with E-state index in [0.717, 1.165) is 20.9 Å². The Morgan fingerprint density at radius 3 is 2.35 bits per heavy atom. The van der Waals surface area contributed by atoms with E-state index in [1.807, 2.05) is 25.1 Å². The molecule has 0 saturated heterocycles. The highest BCUT2D eigenvalue weighted by molar-refractivity contribution is 14.1. The molecule has 37 heavy (non-hydrogen) atoms. The van der Waals surface area contributed by atoms with Crippen molar-refractivity contribution >= 4 is 57.3 Å². The Morgan fingerprint density at radius 1 is 1.11 bits per heavy atom. The van der Waals surface area contributed by atoms with E-state index in [9.17, 15) is 14.7 Å². The number of carbonyl (C=O) groups excluding carboxylic acids is 2. The number of rotatable bonds is 7. The van der Waals surface area contributed by atoms with Crippen molar-refractivity contribution < 1.29 is 28.9 Å². The molecule has 2 aromatic rings. The Hall–Kier alpha value is -2.79. The molecule has 9 heteroatoms. The fraction of sp³-hybridized carbons (Fsp3) is 0.321. The maximum absolute atomic E-state index is 13.0. The van der Waals surface area contributed by atoms with Crippen molar-refractivity contribution in [2.45, 2.75) is 40.0 Å². The number of hydrogen-bond donors (Lipinski definition) is 1. The molecule has 0 aliphatic carbocycles. The van der Waals surface area contributed by atoms with Gasteiger partial charge in [-0.2, -0.15) is 0 Å². The Morgan fingerprint density at radius 2 is 1.78 bits per heavy atom. The molecule has 0 fully saturated rings. The van der Waals surface area contributed by atoms with Crippen LogP contribution in [0.5, 0.6) is 11.5 Å². The average Bonchev–Trinajstić information content (AvgIpc) is 3.14. The molecule has 2 aromatic carbocycles. The number of methoxy groups -OCH3 is 1. The quantitative estimate of drug-likeness (QED) is 0.268. The molecule has 0 saturated carbocycles. The minimum absolute atomic E-state index is 0.0541. The van der Waals surface area contributed by atoms with Gasteiger partial charge in [0, 0.05) is 5.56 Å². The van der Waals surface area contributed by atoms with Crippen LogP contribution in [0.15, 0.2) is 57.6 Å². The molecular formula is C28H30INO6S. The third-order valence-electron chi connectivity index (χ3n) is 5.41. The van der Waals surface area contributed by atoms with Gasteiger partial charge < -0.3 is 19.3 Å². The highest BCUT2D eigenvalue weighted by Gasteiger charge is 2.34. The van der Waals surface area contributed by atoms with Crippen LogP contribution in [0.1, 0.15) is 56.1 Å². The SMILES string of the molecule is CCOC(=O)C1=C(O)C(=Cc2cc(I)c(OCC)c(OC)c2)SC1=NC(=O)c1ccc(C(C)(C)C)cc1. The molecule has 1 aliphatic rings. The molecule has 0 aromatic heterocycles. The fourth-order valence-electron chi connectivity index (χ4n) is 3.52. The summed E-state index contributed by atoms with van der Waals surface area (Å²) in [6.07, 6.45) is 1.70. The smallest absolute Gasteiger partial charge is 0.344 e. The standard InChI is InChI=1S/C28H30INO6S/c1-7-35-24-19(29)13-16(14-20(24)34-6)15-21-23(31)22(27(33)36-8-2)26(37-21)30-25(32)17-9-11-18(12-10-17)28(3,4)5/h9-15,31H,7-8H2,1-6H3. The highest BCUT2D eigenvalue weighted by atomic mass is 127. The lowest BCUT2D eigenvalue weighted by atomic mass is 9.87. The Kier molecular flexibility index (Phi) is 9.46. The van der Waals surface area contributed by atoms with Gasteiger partial charge in [-0.1, -0.05) is 44.7 Å². The number of esters is 1. The van der Waals surface area contributed by atoms with Gasteiger partial charge in [-0.05, 0) is 83.3 Å². The van der Waals surface area contributed by atoms with E-state index in [4.69, 9.17) is 14.2 Å². The summed E-state index contributed by atoms with van der Waals surface area (Å²) in [6, 6.07) is 10.9. The van der Waals surface area contributed by atoms with Crippen LogP contribution in [0.25, 0.3) is 6.08 Å². The molecule has 1 aliphatic heterocycles. The molecule has 1 N–H and O–H groups in total. The first-order valence-corrected chi connectivity index (χ1v) is 13.6. The van der Waals surface area contributed by atoms with Gasteiger partial charge in [-0.15, -0.1) is 0 Å². The summed E-state index contributed by atoms with van der Waals surface area (Å²) in [5.74, 6) is -0.383. The molecule has 0 bridgehead atoms. The Labute approximate surface area is 235 Å². The van der Waals surface area contributed by atoms with Crippen LogP contribution in [0.3, 0.4) is 0 Å². The maximum Gasteiger partial charge on any atom is 0.344 e. The number of ether oxygens (including phenoxy) is 3. The summed E-state index contributed by atoms with van der Waals surface area (Å²) in [6.45, 7) is 10.4. The predicted octanol–water partition coefficient (Wildman–Crippen LogP) is 6.70. The van der Waals surface area contributed by atoms with Crippen LogP contribution in [0.2, 0.25) is 0 Å². The molecular weight excluding hydrogens is 605 g/mol. The number of amides is 1. The highest BCUT2D eigenvalue weighted by Crippen LogP contribution is 2.41. The average molecular weight is 636 g/mol. The van der Waals surface area contributed by atoms with Crippen LogP contribution in [-0.4, -0.2) is 42.4 Å². The third kappa shape index (κ3) is 6.75. The van der Waals surface area contributed by atoms with Gasteiger partial charge in [-0.25, -0.2) is 9.79 Å². The molecule has 0 spiro atoms. The summed E-state index contributed by atoms with van der Waals surface area (Å²) in [5.41, 5.74) is 1.99. The van der Waals surface area contributed by atoms with Crippen molar-refractivity contribution in [2.24, 2.45) is 4.99 Å². The van der Waals surface area contributed by atoms with Gasteiger partial charge in [-0.3, -0.25) is 4.79 Å². The first kappa shape index (κ1) is 28.8. The van der Waals surface area contributed by atoms with Crippen molar-refractivity contribution in [3.05, 3.63) is 72.9 Å². The first-order valence-electron chi connectivity index (χ1n) is 11.7. The van der Waals surface area contributed by atoms with E-state index >= 15 is 0 Å². The molecule has 1 heterocycles. The second-order valence-corrected chi connectivity index (χ2v) is 11.3. The molecule has 0 atom stereocenters. The summed E-state index contributed by atoms with van der Waals surface area (Å²) >= 11 is 3.18. The molecule has 0 radical (unpaired) electrons. The van der Waals surface area contributed by atoms with E-state index in [0.29, 0.717) is 34.1 Å². The van der Waals surface area contributed by atoms with Crippen LogP contribution in [-0.2, 0) is 14.9 Å². The van der Waals surface area contributed by atoms with Gasteiger partial charge in [0.05, 0.1) is 28.8 Å². The normalized spacial score (nSPS) is 15.9. The van der Waals surface area contributed by atoms with Crippen molar-refractivity contribution in [3.8, 4) is 11.5 Å². The lowest BCUT2D eigenvalue weighted by molar-refractivity contribution is -0.138. The van der Waals surface area contributed by atoms with E-state index in [1.54, 1.807) is 38.3 Å². The minimum Gasteiger partial charge on any atom is -0.506 e. The lowest BCUT2D eigenvalue weighted by Gasteiger charge is -2.18. The molecule has 3 rings (SSSR count). The largest absolute Gasteiger partial charge is 0.506 e. The number of nitrogens with zero attached hydrogens (tertiary/aromatic N) is 1. The van der Waals surface area contributed by atoms with Crippen LogP contribution < -0.4 is 9.47 Å². The second-order valence-electron chi connectivity index (χ2n) is 9.07. The van der Waals surface area contributed by atoms with Gasteiger partial charge in [0.25, 0.3) is 5.91 Å². The number of carbonyl (C=O) groups is 2. The topological polar surface area (TPSA) is 94.4 Å². The fourth-order valence-corrected chi connectivity index (χ4v) is 5.31. The van der Waals surface area contributed by atoms with Crippen LogP contribution in [0.4, 0.5) is 0 Å². The Balaban J connectivity index is 2.01. The predicted molar refractivity (Wildman–Crippen MR) is 156 cm³/mol. The molecule has 7 nitrogen and oxygen atoms in total. The molecule has 0 unspecified atom stereocenters. The Bertz CT molecular complexity index is 1290. The van der Waals surface area contributed by atoms with Crippen molar-refractivity contribution in [3.63, 3.8) is 0 Å². The summed E-state index contributed by atoms with van der Waals surface area (Å²) in [7, 11) is 1.55. The molecule has 196 valence electrons. The monoisotopic (exact) mass is 635 g/mol. The van der Waals surface area contributed by atoms with Crippen LogP contribution in [0, 0.1) is 3.57 Å². The third-order valence-corrected chi connectivity index (χ3v) is 7.23. The minimum atomic E-state index is -0.746. The summed E-state index contributed by atoms with van der Waals surface area (Å²) in [4.78, 5) is 30.2. The number of aliphatic imine (C=N–C) groups is 1. The van der Waals surface area contributed by atoms with Gasteiger partial charge in [0.2, 0.25) is 0 Å². The number of benzene rings is 2. The van der Waals surface area contributed by atoms with Crippen molar-refractivity contribution in [1.82, 2.24) is 0 Å². The van der Waals surface area contributed by atoms with Gasteiger partial charge >= 0.3 is 5.97 Å². The zero-order valence-electron chi connectivity index (χ0n) is 21.7. The maximum atomic E-state index is 13.0. The zero-order chi connectivity index (χ0) is 27.3. The summed E-state index contributed by atoms with van der Waals surface area (Å²) in [5, 5.41) is 11.0. The van der Waals surface area contributed by atoms with E-state index in [2.05, 4.69) is 48.4 Å². The number of thioether (sulfide) groups is 1. The van der Waals surface area contributed by atoms with Crippen LogP contribution >= 0.6 is 34.4 Å². The first-order chi connectivity index (χ1) is 17.5. The number of hydrogen-bond acceptors (Lipinski definition) is 7. The van der Waals surface area contributed by atoms with E-state index in [1.165, 1.54) is 0 Å². The molecule has 1 amide bonds. The second kappa shape index (κ2) is 12.2. The number of aliphatic hydroxyl groups is 1.